The predicted octanol–water partition coefficient (Wildman–Crippen LogP) is 6.40. The third-order valence-electron chi connectivity index (χ3n) is 6.96. The van der Waals surface area contributed by atoms with Crippen molar-refractivity contribution in [1.29, 1.82) is 0 Å². The van der Waals surface area contributed by atoms with Gasteiger partial charge in [-0.15, -0.1) is 0 Å². The van der Waals surface area contributed by atoms with Crippen LogP contribution >= 0.6 is 0 Å². The lowest BCUT2D eigenvalue weighted by atomic mass is 9.93. The molecule has 35 heavy (non-hydrogen) atoms. The van der Waals surface area contributed by atoms with Crippen LogP contribution in [0.4, 0.5) is 5.69 Å². The number of aromatic nitrogens is 1. The maximum atomic E-state index is 14.0. The van der Waals surface area contributed by atoms with Crippen molar-refractivity contribution < 1.29 is 9.59 Å². The zero-order chi connectivity index (χ0) is 25.2. The van der Waals surface area contributed by atoms with Crippen molar-refractivity contribution in [2.24, 2.45) is 0 Å². The fourth-order valence-corrected chi connectivity index (χ4v) is 4.32. The summed E-state index contributed by atoms with van der Waals surface area (Å²) < 4.78 is 0. The molecule has 1 atom stereocenters. The predicted molar refractivity (Wildman–Crippen MR) is 143 cm³/mol. The summed E-state index contributed by atoms with van der Waals surface area (Å²) in [6.45, 7) is 7.67. The number of nitrogens with zero attached hydrogens (tertiary/aromatic N) is 2. The van der Waals surface area contributed by atoms with Crippen LogP contribution in [0, 0.1) is 13.8 Å². The van der Waals surface area contributed by atoms with Crippen molar-refractivity contribution in [2.75, 3.05) is 12.4 Å². The Kier molecular flexibility index (Phi) is 6.70. The van der Waals surface area contributed by atoms with Gasteiger partial charge in [0.25, 0.3) is 5.91 Å². The van der Waals surface area contributed by atoms with Crippen molar-refractivity contribution in [1.82, 2.24) is 9.88 Å². The lowest BCUT2D eigenvalue weighted by molar-refractivity contribution is -0.125. The second-order valence-electron chi connectivity index (χ2n) is 9.15. The number of hydrogen-bond acceptors (Lipinski definition) is 3. The molecule has 0 aliphatic rings. The summed E-state index contributed by atoms with van der Waals surface area (Å²) >= 11 is 0. The summed E-state index contributed by atoms with van der Waals surface area (Å²) in [6.07, 6.45) is 0.459. The van der Waals surface area contributed by atoms with E-state index in [0.717, 1.165) is 39.0 Å². The summed E-state index contributed by atoms with van der Waals surface area (Å²) in [5.74, 6) is -0.434. The molecular formula is C30H31N3O2. The van der Waals surface area contributed by atoms with Crippen molar-refractivity contribution >= 4 is 28.4 Å². The molecular weight excluding hydrogens is 434 g/mol. The Morgan fingerprint density at radius 2 is 1.54 bits per heavy atom. The van der Waals surface area contributed by atoms with Gasteiger partial charge in [-0.1, -0.05) is 73.7 Å². The number of benzene rings is 3. The summed E-state index contributed by atoms with van der Waals surface area (Å²) in [5.41, 5.74) is 4.62. The molecule has 178 valence electrons. The molecule has 5 heteroatoms. The summed E-state index contributed by atoms with van der Waals surface area (Å²) in [6, 6.07) is 25.2. The molecule has 4 aromatic rings. The number of pyridine rings is 1. The highest BCUT2D eigenvalue weighted by molar-refractivity contribution is 6.10. The second kappa shape index (κ2) is 9.71. The van der Waals surface area contributed by atoms with Gasteiger partial charge in [0.15, 0.2) is 0 Å². The first-order valence-corrected chi connectivity index (χ1v) is 11.9. The number of anilines is 1. The Morgan fingerprint density at radius 1 is 0.914 bits per heavy atom. The first-order chi connectivity index (χ1) is 16.8. The van der Waals surface area contributed by atoms with Gasteiger partial charge in [0.1, 0.15) is 5.54 Å². The molecule has 4 rings (SSSR count). The van der Waals surface area contributed by atoms with E-state index >= 15 is 0 Å². The average Bonchev–Trinajstić information content (AvgIpc) is 2.89. The van der Waals surface area contributed by atoms with Crippen LogP contribution in [0.1, 0.15) is 41.8 Å². The minimum Gasteiger partial charge on any atom is -0.327 e. The van der Waals surface area contributed by atoms with Gasteiger partial charge in [0, 0.05) is 23.7 Å². The normalized spacial score (nSPS) is 12.7. The Labute approximate surface area is 206 Å². The number of hydrogen-bond donors (Lipinski definition) is 1. The Bertz CT molecular complexity index is 1380. The van der Waals surface area contributed by atoms with E-state index in [2.05, 4.69) is 5.32 Å². The first-order valence-electron chi connectivity index (χ1n) is 11.9. The van der Waals surface area contributed by atoms with Crippen molar-refractivity contribution in [3.8, 4) is 11.3 Å². The third-order valence-corrected chi connectivity index (χ3v) is 6.96. The Hall–Kier alpha value is -3.99. The van der Waals surface area contributed by atoms with Crippen LogP contribution in [0.3, 0.4) is 0 Å². The minimum atomic E-state index is -1.05. The highest BCUT2D eigenvalue weighted by Gasteiger charge is 2.39. The van der Waals surface area contributed by atoms with Crippen LogP contribution in [0.2, 0.25) is 0 Å². The quantitative estimate of drug-likeness (QED) is 0.358. The number of likely N-dealkylation sites (N-methyl/N-ethyl adjacent to an activating group) is 1. The topological polar surface area (TPSA) is 62.3 Å². The fraction of sp³-hybridized carbons (Fsp3) is 0.233. The number of para-hydroxylation sites is 2. The van der Waals surface area contributed by atoms with Crippen LogP contribution in [0.15, 0.2) is 78.9 Å². The SMILES string of the molecule is CC[C@](C)(C(=O)Nc1c(C)cccc1C)N(C)C(=O)c1cc(-c2ccccc2)nc2ccccc12. The van der Waals surface area contributed by atoms with E-state index in [4.69, 9.17) is 4.98 Å². The molecule has 0 saturated carbocycles. The van der Waals surface area contributed by atoms with Crippen molar-refractivity contribution in [2.45, 2.75) is 39.7 Å². The number of carbonyl (C=O) groups is 2. The molecule has 1 heterocycles. The molecule has 0 unspecified atom stereocenters. The maximum absolute atomic E-state index is 14.0. The largest absolute Gasteiger partial charge is 0.327 e. The van der Waals surface area contributed by atoms with Crippen LogP contribution in [0.25, 0.3) is 22.2 Å². The minimum absolute atomic E-state index is 0.213. The molecule has 0 radical (unpaired) electrons. The van der Waals surface area contributed by atoms with Crippen molar-refractivity contribution in [3.05, 3.63) is 95.6 Å². The average molecular weight is 466 g/mol. The molecule has 0 aliphatic heterocycles. The highest BCUT2D eigenvalue weighted by atomic mass is 16.2. The van der Waals surface area contributed by atoms with Crippen LogP contribution in [-0.2, 0) is 4.79 Å². The van der Waals surface area contributed by atoms with Gasteiger partial charge in [0.2, 0.25) is 5.91 Å². The van der Waals surface area contributed by atoms with Gasteiger partial charge in [-0.25, -0.2) is 4.98 Å². The van der Waals surface area contributed by atoms with E-state index in [0.29, 0.717) is 12.0 Å². The van der Waals surface area contributed by atoms with Gasteiger partial charge >= 0.3 is 0 Å². The molecule has 0 spiro atoms. The molecule has 0 aliphatic carbocycles. The number of amides is 2. The van der Waals surface area contributed by atoms with E-state index in [1.165, 1.54) is 0 Å². The molecule has 0 bridgehead atoms. The van der Waals surface area contributed by atoms with Gasteiger partial charge < -0.3 is 10.2 Å². The Morgan fingerprint density at radius 3 is 2.20 bits per heavy atom. The van der Waals surface area contributed by atoms with E-state index in [-0.39, 0.29) is 11.8 Å². The molecule has 2 amide bonds. The van der Waals surface area contributed by atoms with E-state index < -0.39 is 5.54 Å². The monoisotopic (exact) mass is 465 g/mol. The van der Waals surface area contributed by atoms with Crippen molar-refractivity contribution in [3.63, 3.8) is 0 Å². The zero-order valence-corrected chi connectivity index (χ0v) is 20.9. The first kappa shape index (κ1) is 24.1. The van der Waals surface area contributed by atoms with E-state index in [1.807, 2.05) is 107 Å². The highest BCUT2D eigenvalue weighted by Crippen LogP contribution is 2.30. The number of carbonyl (C=O) groups excluding carboxylic acids is 2. The Balaban J connectivity index is 1.74. The number of fused-ring (bicyclic) bond motifs is 1. The lowest BCUT2D eigenvalue weighted by Crippen LogP contribution is -2.55. The number of aryl methyl sites for hydroxylation is 2. The third kappa shape index (κ3) is 4.54. The van der Waals surface area contributed by atoms with Gasteiger partial charge in [0.05, 0.1) is 16.8 Å². The van der Waals surface area contributed by atoms with Gasteiger partial charge in [-0.3, -0.25) is 9.59 Å². The molecule has 3 aromatic carbocycles. The number of nitrogens with one attached hydrogen (secondary N) is 1. The van der Waals surface area contributed by atoms with E-state index in [9.17, 15) is 9.59 Å². The summed E-state index contributed by atoms with van der Waals surface area (Å²) in [7, 11) is 1.70. The smallest absolute Gasteiger partial charge is 0.255 e. The van der Waals surface area contributed by atoms with E-state index in [1.54, 1.807) is 11.9 Å². The maximum Gasteiger partial charge on any atom is 0.255 e. The lowest BCUT2D eigenvalue weighted by Gasteiger charge is -2.37. The fourth-order valence-electron chi connectivity index (χ4n) is 4.32. The van der Waals surface area contributed by atoms with Crippen LogP contribution < -0.4 is 5.32 Å². The molecule has 1 aromatic heterocycles. The molecule has 1 N–H and O–H groups in total. The summed E-state index contributed by atoms with van der Waals surface area (Å²) in [4.78, 5) is 33.9. The molecule has 0 fully saturated rings. The summed E-state index contributed by atoms with van der Waals surface area (Å²) in [5, 5.41) is 3.85. The zero-order valence-electron chi connectivity index (χ0n) is 20.9. The van der Waals surface area contributed by atoms with Gasteiger partial charge in [-0.2, -0.15) is 0 Å². The number of rotatable bonds is 6. The molecule has 0 saturated heterocycles. The van der Waals surface area contributed by atoms with Gasteiger partial charge in [-0.05, 0) is 50.5 Å². The standard InChI is InChI=1S/C30H31N3O2/c1-6-30(4,29(35)32-27-20(2)13-12-14-21(27)3)33(5)28(34)24-19-26(22-15-8-7-9-16-22)31-25-18-11-10-17-23(24)25/h7-19H,6H2,1-5H3,(H,32,35)/t30-/m1/s1. The van der Waals surface area contributed by atoms with Crippen LogP contribution in [-0.4, -0.2) is 34.3 Å². The van der Waals surface area contributed by atoms with Crippen LogP contribution in [0.5, 0.6) is 0 Å². The second-order valence-corrected chi connectivity index (χ2v) is 9.15. The molecule has 5 nitrogen and oxygen atoms in total.